The quantitative estimate of drug-likeness (QED) is 0.692. The lowest BCUT2D eigenvalue weighted by atomic mass is 9.48. The van der Waals surface area contributed by atoms with Gasteiger partial charge in [0.1, 0.15) is 0 Å². The van der Waals surface area contributed by atoms with Gasteiger partial charge >= 0.3 is 0 Å². The third-order valence-corrected chi connectivity index (χ3v) is 8.33. The average Bonchev–Trinajstić information content (AvgIpc) is 2.94. The lowest BCUT2D eigenvalue weighted by Gasteiger charge is -2.59. The summed E-state index contributed by atoms with van der Waals surface area (Å²) in [5.41, 5.74) is 1.21. The largest absolute Gasteiger partial charge is 0.385 e. The van der Waals surface area contributed by atoms with E-state index >= 15 is 0 Å². The molecule has 1 N–H and O–H groups in total. The summed E-state index contributed by atoms with van der Waals surface area (Å²) in [7, 11) is 0. The molecule has 1 aromatic rings. The average molecular weight is 398 g/mol. The monoisotopic (exact) mass is 397 g/mol. The van der Waals surface area contributed by atoms with Gasteiger partial charge in [-0.15, -0.1) is 0 Å². The van der Waals surface area contributed by atoms with Crippen molar-refractivity contribution >= 4 is 11.6 Å². The molecule has 0 atom stereocenters. The topological polar surface area (TPSA) is 23.5 Å². The number of rotatable bonds is 2. The molecular formula is C25H32ClNO. The molecule has 150 valence electrons. The van der Waals surface area contributed by atoms with Crippen molar-refractivity contribution < 1.29 is 5.11 Å². The molecule has 1 heterocycles. The van der Waals surface area contributed by atoms with E-state index < -0.39 is 5.60 Å². The highest BCUT2D eigenvalue weighted by Crippen LogP contribution is 2.62. The van der Waals surface area contributed by atoms with Crippen LogP contribution in [0.25, 0.3) is 0 Å². The number of nitrogens with zero attached hydrogens (tertiary/aromatic N) is 1. The second-order valence-corrected chi connectivity index (χ2v) is 10.2. The zero-order valence-electron chi connectivity index (χ0n) is 16.8. The van der Waals surface area contributed by atoms with Crippen LogP contribution in [0, 0.1) is 35.5 Å². The fourth-order valence-electron chi connectivity index (χ4n) is 6.81. The molecule has 5 aliphatic rings. The second kappa shape index (κ2) is 7.67. The first-order valence-corrected chi connectivity index (χ1v) is 11.7. The van der Waals surface area contributed by atoms with Crippen LogP contribution in [0.3, 0.4) is 0 Å². The summed E-state index contributed by atoms with van der Waals surface area (Å²) in [4.78, 5) is 2.47. The highest BCUT2D eigenvalue weighted by Gasteiger charge is 2.57. The van der Waals surface area contributed by atoms with Crippen LogP contribution < -0.4 is 0 Å². The molecule has 0 radical (unpaired) electrons. The van der Waals surface area contributed by atoms with Crippen molar-refractivity contribution in [3.8, 4) is 11.8 Å². The first kappa shape index (κ1) is 19.0. The standard InChI is InChI=1S/C25H32ClNO/c26-24-17-18(6-5-11-27-9-3-1-2-4-10-27)7-8-23(24)25(28)21-13-19-12-20(15-21)16-22(25)14-19/h7-8,17,19-22,28H,1-4,9-16H2. The van der Waals surface area contributed by atoms with Crippen LogP contribution in [0.15, 0.2) is 18.2 Å². The molecule has 2 nitrogen and oxygen atoms in total. The van der Waals surface area contributed by atoms with Crippen LogP contribution in [0.1, 0.15) is 68.9 Å². The zero-order chi connectivity index (χ0) is 19.1. The number of aliphatic hydroxyl groups is 1. The van der Waals surface area contributed by atoms with E-state index in [0.717, 1.165) is 29.5 Å². The van der Waals surface area contributed by atoms with Gasteiger partial charge in [0.05, 0.1) is 12.1 Å². The normalized spacial score (nSPS) is 37.4. The third-order valence-electron chi connectivity index (χ3n) is 8.02. The van der Waals surface area contributed by atoms with Crippen molar-refractivity contribution in [2.24, 2.45) is 23.7 Å². The lowest BCUT2D eigenvalue weighted by molar-refractivity contribution is -0.179. The van der Waals surface area contributed by atoms with E-state index in [0.29, 0.717) is 16.9 Å². The van der Waals surface area contributed by atoms with Gasteiger partial charge in [-0.05, 0) is 93.8 Å². The Kier molecular flexibility index (Phi) is 5.20. The molecule has 0 unspecified atom stereocenters. The van der Waals surface area contributed by atoms with Gasteiger partial charge < -0.3 is 5.11 Å². The molecule has 5 fully saturated rings. The summed E-state index contributed by atoms with van der Waals surface area (Å²) in [6, 6.07) is 6.12. The number of halogens is 1. The molecule has 28 heavy (non-hydrogen) atoms. The van der Waals surface area contributed by atoms with Gasteiger partial charge in [-0.25, -0.2) is 0 Å². The predicted octanol–water partition coefficient (Wildman–Crippen LogP) is 5.21. The van der Waals surface area contributed by atoms with Gasteiger partial charge in [-0.2, -0.15) is 0 Å². The number of likely N-dealkylation sites (tertiary alicyclic amines) is 1. The molecule has 0 amide bonds. The predicted molar refractivity (Wildman–Crippen MR) is 114 cm³/mol. The van der Waals surface area contributed by atoms with E-state index in [9.17, 15) is 5.11 Å². The fraction of sp³-hybridized carbons (Fsp3) is 0.680. The molecule has 1 saturated heterocycles. The molecule has 0 aromatic heterocycles. The van der Waals surface area contributed by atoms with Crippen LogP contribution in [0.2, 0.25) is 5.02 Å². The van der Waals surface area contributed by atoms with E-state index in [1.165, 1.54) is 70.9 Å². The Morgan fingerprint density at radius 3 is 2.21 bits per heavy atom. The molecule has 6 rings (SSSR count). The van der Waals surface area contributed by atoms with E-state index in [4.69, 9.17) is 11.6 Å². The maximum Gasteiger partial charge on any atom is 0.0967 e. The van der Waals surface area contributed by atoms with E-state index in [2.05, 4.69) is 28.9 Å². The van der Waals surface area contributed by atoms with E-state index in [1.54, 1.807) is 0 Å². The van der Waals surface area contributed by atoms with Gasteiger partial charge in [0.15, 0.2) is 0 Å². The summed E-state index contributed by atoms with van der Waals surface area (Å²) < 4.78 is 0. The smallest absolute Gasteiger partial charge is 0.0967 e. The number of benzene rings is 1. The van der Waals surface area contributed by atoms with Crippen molar-refractivity contribution in [3.05, 3.63) is 34.3 Å². The van der Waals surface area contributed by atoms with Gasteiger partial charge in [0.2, 0.25) is 0 Å². The van der Waals surface area contributed by atoms with Crippen molar-refractivity contribution in [2.75, 3.05) is 19.6 Å². The first-order chi connectivity index (χ1) is 13.6. The highest BCUT2D eigenvalue weighted by molar-refractivity contribution is 6.31. The number of hydrogen-bond donors (Lipinski definition) is 1. The van der Waals surface area contributed by atoms with E-state index in [-0.39, 0.29) is 0 Å². The summed E-state index contributed by atoms with van der Waals surface area (Å²) in [6.45, 7) is 3.19. The minimum atomic E-state index is -0.720. The SMILES string of the molecule is OC1(c2ccc(C#CCN3CCCCCC3)cc2Cl)C2CC3CC(C2)CC1C3. The molecule has 4 bridgehead atoms. The fourth-order valence-corrected chi connectivity index (χ4v) is 7.14. The van der Waals surface area contributed by atoms with Crippen molar-refractivity contribution in [1.82, 2.24) is 4.90 Å². The Morgan fingerprint density at radius 2 is 1.61 bits per heavy atom. The van der Waals surface area contributed by atoms with Crippen LogP contribution in [0.4, 0.5) is 0 Å². The molecule has 1 aliphatic heterocycles. The van der Waals surface area contributed by atoms with Gasteiger partial charge in [-0.3, -0.25) is 4.90 Å². The molecular weight excluding hydrogens is 366 g/mol. The lowest BCUT2D eigenvalue weighted by Crippen LogP contribution is -2.55. The first-order valence-electron chi connectivity index (χ1n) is 11.4. The second-order valence-electron chi connectivity index (χ2n) is 9.82. The zero-order valence-corrected chi connectivity index (χ0v) is 17.6. The van der Waals surface area contributed by atoms with Crippen LogP contribution >= 0.6 is 11.6 Å². The summed E-state index contributed by atoms with van der Waals surface area (Å²) >= 11 is 6.72. The van der Waals surface area contributed by atoms with Gasteiger partial charge in [0.25, 0.3) is 0 Å². The Bertz CT molecular complexity index is 755. The number of hydrogen-bond acceptors (Lipinski definition) is 2. The third kappa shape index (κ3) is 3.41. The molecule has 3 heteroatoms. The molecule has 0 spiro atoms. The van der Waals surface area contributed by atoms with Crippen LogP contribution in [0.5, 0.6) is 0 Å². The Hall–Kier alpha value is -1.01. The molecule has 4 aliphatic carbocycles. The van der Waals surface area contributed by atoms with Crippen LogP contribution in [-0.2, 0) is 5.60 Å². The van der Waals surface area contributed by atoms with Gasteiger partial charge in [0, 0.05) is 16.1 Å². The summed E-state index contributed by atoms with van der Waals surface area (Å²) in [5.74, 6) is 9.10. The van der Waals surface area contributed by atoms with Gasteiger partial charge in [-0.1, -0.05) is 42.3 Å². The highest BCUT2D eigenvalue weighted by atomic mass is 35.5. The molecule has 4 saturated carbocycles. The van der Waals surface area contributed by atoms with E-state index in [1.807, 2.05) is 6.07 Å². The maximum atomic E-state index is 11.8. The Morgan fingerprint density at radius 1 is 0.964 bits per heavy atom. The summed E-state index contributed by atoms with van der Waals surface area (Å²) in [5, 5.41) is 12.5. The molecule has 1 aromatic carbocycles. The minimum absolute atomic E-state index is 0.390. The van der Waals surface area contributed by atoms with Crippen LogP contribution in [-0.4, -0.2) is 29.6 Å². The maximum absolute atomic E-state index is 11.8. The Balaban J connectivity index is 1.32. The van der Waals surface area contributed by atoms with Crippen molar-refractivity contribution in [3.63, 3.8) is 0 Å². The Labute approximate surface area is 174 Å². The van der Waals surface area contributed by atoms with Crippen molar-refractivity contribution in [1.29, 1.82) is 0 Å². The minimum Gasteiger partial charge on any atom is -0.385 e. The van der Waals surface area contributed by atoms with Crippen molar-refractivity contribution in [2.45, 2.75) is 63.4 Å². The summed E-state index contributed by atoms with van der Waals surface area (Å²) in [6.07, 6.45) is 11.4.